The van der Waals surface area contributed by atoms with Crippen molar-refractivity contribution < 1.29 is 4.74 Å². The average Bonchev–Trinajstić information content (AvgIpc) is 2.37. The summed E-state index contributed by atoms with van der Waals surface area (Å²) in [7, 11) is 0. The summed E-state index contributed by atoms with van der Waals surface area (Å²) in [6.45, 7) is 9.19. The molecule has 0 saturated heterocycles. The topological polar surface area (TPSA) is 45.0 Å². The lowest BCUT2D eigenvalue weighted by molar-refractivity contribution is 0.262. The van der Waals surface area contributed by atoms with Gasteiger partial charge in [0.25, 0.3) is 0 Å². The third kappa shape index (κ3) is 5.40. The Balaban J connectivity index is 2.70. The molecule has 0 heterocycles. The van der Waals surface area contributed by atoms with E-state index in [9.17, 15) is 0 Å². The second kappa shape index (κ2) is 7.52. The molecule has 4 heteroatoms. The first-order valence-corrected chi connectivity index (χ1v) is 7.28. The van der Waals surface area contributed by atoms with Gasteiger partial charge in [-0.2, -0.15) is 5.26 Å². The first kappa shape index (κ1) is 16.8. The van der Waals surface area contributed by atoms with Crippen LogP contribution in [0.1, 0.15) is 39.7 Å². The zero-order valence-corrected chi connectivity index (χ0v) is 13.4. The van der Waals surface area contributed by atoms with Crippen LogP contribution in [0.25, 0.3) is 0 Å². The zero-order chi connectivity index (χ0) is 15.2. The van der Waals surface area contributed by atoms with Gasteiger partial charge in [0, 0.05) is 23.2 Å². The number of benzene rings is 1. The van der Waals surface area contributed by atoms with E-state index < -0.39 is 0 Å². The van der Waals surface area contributed by atoms with E-state index in [-0.39, 0.29) is 5.41 Å². The Hall–Kier alpha value is -1.24. The lowest BCUT2D eigenvalue weighted by atomic mass is 9.92. The molecular formula is C16H23ClN2O. The molecule has 0 unspecified atom stereocenters. The van der Waals surface area contributed by atoms with Crippen molar-refractivity contribution in [2.75, 3.05) is 6.61 Å². The van der Waals surface area contributed by atoms with Gasteiger partial charge in [-0.25, -0.2) is 0 Å². The van der Waals surface area contributed by atoms with Crippen molar-refractivity contribution in [1.82, 2.24) is 5.32 Å². The monoisotopic (exact) mass is 294 g/mol. The van der Waals surface area contributed by atoms with Gasteiger partial charge in [-0.05, 0) is 32.4 Å². The number of halogens is 1. The average molecular weight is 295 g/mol. The van der Waals surface area contributed by atoms with E-state index in [1.54, 1.807) is 0 Å². The highest BCUT2D eigenvalue weighted by molar-refractivity contribution is 6.31. The van der Waals surface area contributed by atoms with Crippen LogP contribution in [0.5, 0.6) is 5.75 Å². The van der Waals surface area contributed by atoms with E-state index in [1.807, 2.05) is 32.0 Å². The van der Waals surface area contributed by atoms with Crippen molar-refractivity contribution in [2.45, 2.75) is 46.7 Å². The minimum absolute atomic E-state index is 0.366. The quantitative estimate of drug-likeness (QED) is 0.821. The van der Waals surface area contributed by atoms with Crippen LogP contribution in [0.2, 0.25) is 5.02 Å². The van der Waals surface area contributed by atoms with Gasteiger partial charge in [0.1, 0.15) is 5.75 Å². The molecule has 1 aromatic carbocycles. The molecule has 1 rings (SSSR count). The van der Waals surface area contributed by atoms with E-state index >= 15 is 0 Å². The molecule has 0 aliphatic heterocycles. The molecule has 0 aromatic heterocycles. The SMILES string of the molecule is CC(C)NCc1c(Cl)cccc1OCCC(C)(C)C#N. The smallest absolute Gasteiger partial charge is 0.125 e. The number of hydrogen-bond acceptors (Lipinski definition) is 3. The molecular weight excluding hydrogens is 272 g/mol. The minimum atomic E-state index is -0.366. The molecule has 0 spiro atoms. The lowest BCUT2D eigenvalue weighted by Crippen LogP contribution is -2.22. The van der Waals surface area contributed by atoms with Gasteiger partial charge in [0.15, 0.2) is 0 Å². The third-order valence-electron chi connectivity index (χ3n) is 3.05. The molecule has 0 amide bonds. The van der Waals surface area contributed by atoms with Crippen LogP contribution in [-0.4, -0.2) is 12.6 Å². The highest BCUT2D eigenvalue weighted by Gasteiger charge is 2.17. The zero-order valence-electron chi connectivity index (χ0n) is 12.7. The predicted molar refractivity (Wildman–Crippen MR) is 82.9 cm³/mol. The molecule has 0 bridgehead atoms. The summed E-state index contributed by atoms with van der Waals surface area (Å²) in [6.07, 6.45) is 0.688. The summed E-state index contributed by atoms with van der Waals surface area (Å²) < 4.78 is 5.81. The van der Waals surface area contributed by atoms with Gasteiger partial charge >= 0.3 is 0 Å². The van der Waals surface area contributed by atoms with E-state index in [1.165, 1.54) is 0 Å². The molecule has 0 aliphatic carbocycles. The number of nitriles is 1. The minimum Gasteiger partial charge on any atom is -0.493 e. The molecule has 0 atom stereocenters. The number of hydrogen-bond donors (Lipinski definition) is 1. The molecule has 1 N–H and O–H groups in total. The summed E-state index contributed by atoms with van der Waals surface area (Å²) >= 11 is 6.24. The summed E-state index contributed by atoms with van der Waals surface area (Å²) in [5.74, 6) is 0.791. The van der Waals surface area contributed by atoms with E-state index in [4.69, 9.17) is 21.6 Å². The maximum atomic E-state index is 9.00. The van der Waals surface area contributed by atoms with E-state index in [0.717, 1.165) is 11.3 Å². The number of nitrogens with one attached hydrogen (secondary N) is 1. The van der Waals surface area contributed by atoms with Gasteiger partial charge in [0.05, 0.1) is 18.1 Å². The maximum absolute atomic E-state index is 9.00. The normalized spacial score (nSPS) is 11.4. The Labute approximate surface area is 126 Å². The van der Waals surface area contributed by atoms with Gasteiger partial charge in [-0.3, -0.25) is 0 Å². The summed E-state index contributed by atoms with van der Waals surface area (Å²) in [6, 6.07) is 8.33. The van der Waals surface area contributed by atoms with Crippen LogP contribution in [-0.2, 0) is 6.54 Å². The van der Waals surface area contributed by atoms with Crippen molar-refractivity contribution in [3.8, 4) is 11.8 Å². The molecule has 0 aliphatic rings. The Kier molecular flexibility index (Phi) is 6.32. The maximum Gasteiger partial charge on any atom is 0.125 e. The number of rotatable bonds is 7. The Morgan fingerprint density at radius 2 is 2.10 bits per heavy atom. The van der Waals surface area contributed by atoms with Crippen molar-refractivity contribution in [2.24, 2.45) is 5.41 Å². The summed E-state index contributed by atoms with van der Waals surface area (Å²) in [5.41, 5.74) is 0.604. The molecule has 3 nitrogen and oxygen atoms in total. The summed E-state index contributed by atoms with van der Waals surface area (Å²) in [4.78, 5) is 0. The van der Waals surface area contributed by atoms with Gasteiger partial charge in [-0.15, -0.1) is 0 Å². The highest BCUT2D eigenvalue weighted by Crippen LogP contribution is 2.27. The number of ether oxygens (including phenoxy) is 1. The van der Waals surface area contributed by atoms with Gasteiger partial charge in [0.2, 0.25) is 0 Å². The second-order valence-corrected chi connectivity index (χ2v) is 6.25. The fraction of sp³-hybridized carbons (Fsp3) is 0.562. The fourth-order valence-corrected chi connectivity index (χ4v) is 1.86. The molecule has 110 valence electrons. The fourth-order valence-electron chi connectivity index (χ4n) is 1.62. The van der Waals surface area contributed by atoms with Crippen molar-refractivity contribution in [3.05, 3.63) is 28.8 Å². The Morgan fingerprint density at radius 1 is 1.40 bits per heavy atom. The van der Waals surface area contributed by atoms with Crippen LogP contribution >= 0.6 is 11.6 Å². The van der Waals surface area contributed by atoms with Crippen LogP contribution in [0.4, 0.5) is 0 Å². The van der Waals surface area contributed by atoms with Crippen molar-refractivity contribution >= 4 is 11.6 Å². The Bertz CT molecular complexity index is 478. The predicted octanol–water partition coefficient (Wildman–Crippen LogP) is 4.16. The largest absolute Gasteiger partial charge is 0.493 e. The van der Waals surface area contributed by atoms with Crippen LogP contribution in [0.15, 0.2) is 18.2 Å². The first-order chi connectivity index (χ1) is 9.35. The standard InChI is InChI=1S/C16H23ClN2O/c1-12(2)19-10-13-14(17)6-5-7-15(13)20-9-8-16(3,4)11-18/h5-7,12,19H,8-10H2,1-4H3. The van der Waals surface area contributed by atoms with Crippen molar-refractivity contribution in [1.29, 1.82) is 5.26 Å². The summed E-state index contributed by atoms with van der Waals surface area (Å²) in [5, 5.41) is 13.0. The molecule has 0 fully saturated rings. The van der Waals surface area contributed by atoms with Crippen LogP contribution in [0.3, 0.4) is 0 Å². The van der Waals surface area contributed by atoms with Crippen LogP contribution < -0.4 is 10.1 Å². The molecule has 0 radical (unpaired) electrons. The van der Waals surface area contributed by atoms with Gasteiger partial charge < -0.3 is 10.1 Å². The second-order valence-electron chi connectivity index (χ2n) is 5.85. The highest BCUT2D eigenvalue weighted by atomic mass is 35.5. The molecule has 20 heavy (non-hydrogen) atoms. The van der Waals surface area contributed by atoms with Gasteiger partial charge in [-0.1, -0.05) is 31.5 Å². The lowest BCUT2D eigenvalue weighted by Gasteiger charge is -2.18. The first-order valence-electron chi connectivity index (χ1n) is 6.90. The van der Waals surface area contributed by atoms with Crippen molar-refractivity contribution in [3.63, 3.8) is 0 Å². The van der Waals surface area contributed by atoms with E-state index in [2.05, 4.69) is 25.2 Å². The van der Waals surface area contributed by atoms with Crippen LogP contribution in [0, 0.1) is 16.7 Å². The Morgan fingerprint density at radius 3 is 2.70 bits per heavy atom. The number of nitrogens with zero attached hydrogens (tertiary/aromatic N) is 1. The molecule has 0 saturated carbocycles. The molecule has 1 aromatic rings. The van der Waals surface area contributed by atoms with E-state index in [0.29, 0.717) is 30.6 Å². The third-order valence-corrected chi connectivity index (χ3v) is 3.40.